The first-order valence-electron chi connectivity index (χ1n) is 13.7. The summed E-state index contributed by atoms with van der Waals surface area (Å²) < 4.78 is 0. The van der Waals surface area contributed by atoms with E-state index >= 15 is 0 Å². The molecule has 0 aliphatic carbocycles. The summed E-state index contributed by atoms with van der Waals surface area (Å²) in [6.45, 7) is 4.43. The second-order valence-electron chi connectivity index (χ2n) is 10.4. The van der Waals surface area contributed by atoms with E-state index < -0.39 is 0 Å². The molecule has 210 valence electrons. The summed E-state index contributed by atoms with van der Waals surface area (Å²) in [6, 6.07) is 47.8. The Morgan fingerprint density at radius 1 is 0.667 bits per heavy atom. The van der Waals surface area contributed by atoms with E-state index in [9.17, 15) is 5.11 Å². The number of anilines is 3. The van der Waals surface area contributed by atoms with Crippen LogP contribution in [-0.2, 0) is 26.5 Å². The fourth-order valence-electron chi connectivity index (χ4n) is 5.07. The Labute approximate surface area is 261 Å². The van der Waals surface area contributed by atoms with E-state index in [1.54, 1.807) is 12.3 Å². The molecule has 0 atom stereocenters. The fraction of sp³-hybridized carbons (Fsp3) is 0.0811. The summed E-state index contributed by atoms with van der Waals surface area (Å²) in [4.78, 5) is 11.8. The normalized spacial score (nSPS) is 11.0. The molecule has 0 bridgehead atoms. The predicted octanol–water partition coefficient (Wildman–Crippen LogP) is 9.11. The van der Waals surface area contributed by atoms with Crippen molar-refractivity contribution in [3.05, 3.63) is 157 Å². The predicted molar refractivity (Wildman–Crippen MR) is 167 cm³/mol. The van der Waals surface area contributed by atoms with Gasteiger partial charge in [0.1, 0.15) is 11.6 Å². The monoisotopic (exact) mass is 727 g/mol. The van der Waals surface area contributed by atoms with E-state index in [0.29, 0.717) is 11.3 Å². The van der Waals surface area contributed by atoms with Crippen molar-refractivity contribution < 1.29 is 26.2 Å². The Morgan fingerprint density at radius 2 is 1.33 bits per heavy atom. The van der Waals surface area contributed by atoms with Gasteiger partial charge in [-0.1, -0.05) is 86.6 Å². The average Bonchev–Trinajstić information content (AvgIpc) is 3.03. The van der Waals surface area contributed by atoms with Crippen molar-refractivity contribution in [2.45, 2.75) is 19.3 Å². The first-order valence-corrected chi connectivity index (χ1v) is 13.7. The third-order valence-corrected chi connectivity index (χ3v) is 7.41. The molecule has 0 amide bonds. The molecule has 0 spiro atoms. The van der Waals surface area contributed by atoms with E-state index in [4.69, 9.17) is 4.98 Å². The van der Waals surface area contributed by atoms with Crippen LogP contribution >= 0.6 is 0 Å². The van der Waals surface area contributed by atoms with Crippen LogP contribution in [0, 0.1) is 6.07 Å². The Morgan fingerprint density at radius 3 is 2.05 bits per heavy atom. The quantitative estimate of drug-likeness (QED) is 0.167. The topological polar surface area (TPSA) is 49.2 Å². The first kappa shape index (κ1) is 29.0. The van der Waals surface area contributed by atoms with Crippen molar-refractivity contribution in [3.8, 4) is 28.3 Å². The van der Waals surface area contributed by atoms with Crippen LogP contribution in [-0.4, -0.2) is 15.1 Å². The zero-order valence-corrected chi connectivity index (χ0v) is 25.7. The number of aromatic nitrogens is 2. The van der Waals surface area contributed by atoms with E-state index in [2.05, 4.69) is 78.3 Å². The molecular formula is C37H30N3OPt-. The molecule has 0 radical (unpaired) electrons. The number of phenols is 1. The maximum Gasteiger partial charge on any atom is 0.136 e. The molecule has 6 rings (SSSR count). The smallest absolute Gasteiger partial charge is 0.136 e. The largest absolute Gasteiger partial charge is 0.507 e. The Bertz CT molecular complexity index is 1730. The number of pyridine rings is 2. The summed E-state index contributed by atoms with van der Waals surface area (Å²) in [6.07, 6.45) is 1.80. The van der Waals surface area contributed by atoms with Crippen molar-refractivity contribution in [1.29, 1.82) is 0 Å². The minimum atomic E-state index is -0.306. The number of benzene rings is 4. The van der Waals surface area contributed by atoms with Gasteiger partial charge in [-0.15, -0.1) is 29.8 Å². The van der Waals surface area contributed by atoms with E-state index in [-0.39, 0.29) is 32.2 Å². The summed E-state index contributed by atoms with van der Waals surface area (Å²) in [5, 5.41) is 10.7. The second-order valence-corrected chi connectivity index (χ2v) is 10.4. The van der Waals surface area contributed by atoms with E-state index in [1.807, 2.05) is 78.9 Å². The average molecular weight is 728 g/mol. The molecule has 2 aromatic heterocycles. The van der Waals surface area contributed by atoms with Gasteiger partial charge in [-0.05, 0) is 65.0 Å². The molecule has 42 heavy (non-hydrogen) atoms. The summed E-state index contributed by atoms with van der Waals surface area (Å²) in [5.74, 6) is 0.998. The molecule has 0 aliphatic heterocycles. The van der Waals surface area contributed by atoms with Crippen molar-refractivity contribution >= 4 is 17.2 Å². The van der Waals surface area contributed by atoms with Crippen LogP contribution in [0.4, 0.5) is 17.2 Å². The molecule has 0 saturated heterocycles. The number of hydrogen-bond donors (Lipinski definition) is 1. The van der Waals surface area contributed by atoms with Crippen LogP contribution < -0.4 is 4.90 Å². The third kappa shape index (κ3) is 5.91. The van der Waals surface area contributed by atoms with Gasteiger partial charge in [0.2, 0.25) is 0 Å². The summed E-state index contributed by atoms with van der Waals surface area (Å²) in [7, 11) is 0. The summed E-state index contributed by atoms with van der Waals surface area (Å²) in [5.41, 5.74) is 6.85. The molecule has 0 saturated carbocycles. The number of phenolic OH excluding ortho intramolecular Hbond substituents is 1. The molecule has 4 nitrogen and oxygen atoms in total. The van der Waals surface area contributed by atoms with Gasteiger partial charge in [0, 0.05) is 43.9 Å². The van der Waals surface area contributed by atoms with Crippen molar-refractivity contribution in [2.24, 2.45) is 0 Å². The molecule has 5 heteroatoms. The van der Waals surface area contributed by atoms with Crippen molar-refractivity contribution in [2.75, 3.05) is 4.90 Å². The molecule has 0 aliphatic rings. The van der Waals surface area contributed by atoms with Crippen LogP contribution in [0.2, 0.25) is 0 Å². The van der Waals surface area contributed by atoms with E-state index in [1.165, 1.54) is 5.56 Å². The second kappa shape index (κ2) is 12.5. The van der Waals surface area contributed by atoms with Gasteiger partial charge in [-0.25, -0.2) is 4.98 Å². The Balaban J connectivity index is 0.00000353. The minimum Gasteiger partial charge on any atom is -0.507 e. The van der Waals surface area contributed by atoms with Gasteiger partial charge in [-0.2, -0.15) is 0 Å². The molecule has 1 N–H and O–H groups in total. The SMILES string of the molecule is CC(C)(c1ccccc1)c1cc(-c2[c-]c(N(c3ccccc3)c3ccccn3)ccc2)nc(-c2ccccc2O)c1.[Pt]. The molecule has 0 fully saturated rings. The van der Waals surface area contributed by atoms with Crippen molar-refractivity contribution in [1.82, 2.24) is 9.97 Å². The van der Waals surface area contributed by atoms with Crippen LogP contribution in [0.15, 0.2) is 140 Å². The maximum absolute atomic E-state index is 10.7. The van der Waals surface area contributed by atoms with E-state index in [0.717, 1.165) is 34.0 Å². The number of nitrogens with zero attached hydrogens (tertiary/aromatic N) is 3. The number of rotatable bonds is 7. The van der Waals surface area contributed by atoms with Gasteiger partial charge >= 0.3 is 0 Å². The number of aromatic hydroxyl groups is 1. The van der Waals surface area contributed by atoms with Gasteiger partial charge in [-0.3, -0.25) is 4.98 Å². The van der Waals surface area contributed by atoms with Crippen LogP contribution in [0.25, 0.3) is 22.5 Å². The number of hydrogen-bond acceptors (Lipinski definition) is 4. The molecule has 4 aromatic carbocycles. The first-order chi connectivity index (χ1) is 20.0. The van der Waals surface area contributed by atoms with Gasteiger partial charge in [0.25, 0.3) is 0 Å². The maximum atomic E-state index is 10.7. The Kier molecular flexibility index (Phi) is 8.66. The van der Waals surface area contributed by atoms with Gasteiger partial charge in [0.15, 0.2) is 0 Å². The Hall–Kier alpha value is -4.53. The van der Waals surface area contributed by atoms with Crippen LogP contribution in [0.1, 0.15) is 25.0 Å². The third-order valence-electron chi connectivity index (χ3n) is 7.41. The van der Waals surface area contributed by atoms with Crippen LogP contribution in [0.5, 0.6) is 5.75 Å². The van der Waals surface area contributed by atoms with Crippen molar-refractivity contribution in [3.63, 3.8) is 0 Å². The van der Waals surface area contributed by atoms with Crippen LogP contribution in [0.3, 0.4) is 0 Å². The summed E-state index contributed by atoms with van der Waals surface area (Å²) >= 11 is 0. The standard InChI is InChI=1S/C37H30N3O.Pt/c1-37(2,28-15-5-3-6-16-28)29-25-33(39-34(26-29)32-20-9-10-21-35(32)41)27-14-13-19-31(24-27)40(30-17-7-4-8-18-30)36-22-11-12-23-38-36;/h3-23,25-26,41H,1-2H3;/q-1;. The number of para-hydroxylation sites is 2. The molecular weight excluding hydrogens is 698 g/mol. The zero-order chi connectivity index (χ0) is 28.2. The molecule has 6 aromatic rings. The molecule has 0 unspecified atom stereocenters. The minimum absolute atomic E-state index is 0. The van der Waals surface area contributed by atoms with Gasteiger partial charge < -0.3 is 10.0 Å². The molecule has 2 heterocycles. The van der Waals surface area contributed by atoms with Gasteiger partial charge in [0.05, 0.1) is 5.69 Å². The zero-order valence-electron chi connectivity index (χ0n) is 23.4. The fourth-order valence-corrected chi connectivity index (χ4v) is 5.07.